The van der Waals surface area contributed by atoms with Crippen LogP contribution in [0.25, 0.3) is 11.0 Å². The van der Waals surface area contributed by atoms with Crippen LogP contribution in [0.2, 0.25) is 0 Å². The van der Waals surface area contributed by atoms with Crippen molar-refractivity contribution in [3.8, 4) is 5.75 Å². The molecule has 3 aromatic rings. The maximum absolute atomic E-state index is 13.7. The molecule has 4 heterocycles. The average molecular weight is 909 g/mol. The number of hydrogen-bond donors (Lipinski definition) is 3. The molecule has 52 heavy (non-hydrogen) atoms. The Morgan fingerprint density at radius 1 is 0.981 bits per heavy atom. The van der Waals surface area contributed by atoms with Gasteiger partial charge in [-0.3, -0.25) is 4.79 Å². The van der Waals surface area contributed by atoms with Gasteiger partial charge in [-0.05, 0) is 0 Å². The fourth-order valence-corrected chi connectivity index (χ4v) is 11.2. The van der Waals surface area contributed by atoms with E-state index in [2.05, 4.69) is 0 Å². The van der Waals surface area contributed by atoms with Crippen LogP contribution in [0.3, 0.4) is 0 Å². The summed E-state index contributed by atoms with van der Waals surface area (Å²) in [5.41, 5.74) is -2.08. The van der Waals surface area contributed by atoms with E-state index in [9.17, 15) is 57.1 Å². The van der Waals surface area contributed by atoms with Gasteiger partial charge in [0.05, 0.1) is 0 Å². The van der Waals surface area contributed by atoms with Gasteiger partial charge in [0.2, 0.25) is 0 Å². The van der Waals surface area contributed by atoms with Gasteiger partial charge in [-0.2, -0.15) is 0 Å². The summed E-state index contributed by atoms with van der Waals surface area (Å²) in [6, 6.07) is 5.46. The van der Waals surface area contributed by atoms with Crippen LogP contribution in [0, 0.1) is 10.1 Å². The van der Waals surface area contributed by atoms with Crippen molar-refractivity contribution < 1.29 is 56.6 Å². The van der Waals surface area contributed by atoms with Crippen LogP contribution >= 0.6 is 35.3 Å². The number of oxazole rings is 1. The quantitative estimate of drug-likeness (QED) is 0.0724. The summed E-state index contributed by atoms with van der Waals surface area (Å²) in [5, 5.41) is 28.4. The molecule has 1 saturated heterocycles. The predicted molar refractivity (Wildman–Crippen MR) is 189 cm³/mol. The molecule has 3 N–H and O–H groups in total. The van der Waals surface area contributed by atoms with Crippen LogP contribution < -0.4 is 34.4 Å². The number of hydrogen-bond acceptors (Lipinski definition) is 15. The Kier molecular flexibility index (Phi) is 11.8. The number of amides is 1. The second kappa shape index (κ2) is 15.8. The van der Waals surface area contributed by atoms with Crippen LogP contribution in [0.1, 0.15) is 12.8 Å². The summed E-state index contributed by atoms with van der Waals surface area (Å²) in [7, 11) is -2.91. The number of thioether (sulfide) groups is 1. The van der Waals surface area contributed by atoms with Gasteiger partial charge in [-0.1, -0.05) is 12.2 Å². The van der Waals surface area contributed by atoms with E-state index in [1.165, 1.54) is 13.2 Å². The zero-order valence-electron chi connectivity index (χ0n) is 26.5. The monoisotopic (exact) mass is 911 g/mol. The molecule has 1 amide bonds. The third kappa shape index (κ3) is 8.52. The number of anilines is 1. The van der Waals surface area contributed by atoms with Crippen molar-refractivity contribution in [1.82, 2.24) is 14.0 Å². The number of carboxylic acids is 3. The van der Waals surface area contributed by atoms with Crippen molar-refractivity contribution in [1.29, 1.82) is 0 Å². The summed E-state index contributed by atoms with van der Waals surface area (Å²) in [5.74, 6) is -5.20. The molecule has 18 nitrogen and oxygen atoms in total. The summed E-state index contributed by atoms with van der Waals surface area (Å²) < 4.78 is 46.9. The van der Waals surface area contributed by atoms with E-state index in [1.54, 1.807) is 18.2 Å². The van der Waals surface area contributed by atoms with Crippen molar-refractivity contribution in [3.63, 3.8) is 0 Å². The number of aliphatic carboxylic acids is 3. The topological polar surface area (TPSA) is 259 Å². The molecule has 1 aromatic carbocycles. The van der Waals surface area contributed by atoms with Gasteiger partial charge in [0.15, 0.2) is 0 Å². The Morgan fingerprint density at radius 2 is 1.65 bits per heavy atom. The molecule has 0 saturated carbocycles. The number of benzene rings is 1. The van der Waals surface area contributed by atoms with Crippen molar-refractivity contribution in [2.24, 2.45) is 0 Å². The van der Waals surface area contributed by atoms with Crippen LogP contribution in [0.4, 0.5) is 5.69 Å². The molecule has 0 spiro atoms. The maximum atomic E-state index is 13.7. The number of thiazole rings is 1. The van der Waals surface area contributed by atoms with Crippen LogP contribution in [0.5, 0.6) is 5.75 Å². The molecular weight excluding hydrogens is 884 g/mol. The number of carboxylic acid groups (broad SMARTS) is 3. The number of allylic oxidation sites excluding steroid dienone is 1. The molecule has 23 heteroatoms. The molecule has 5 rings (SSSR count). The number of nitrogens with zero attached hydrogens (tertiary/aromatic N) is 4. The molecule has 0 aliphatic carbocycles. The molecule has 0 bridgehead atoms. The molecular formula is C29H25N4O14S4Te-. The molecule has 2 aliphatic heterocycles. The average Bonchev–Trinajstić information content (AvgIpc) is 3.75. The Hall–Kier alpha value is -4.24. The second-order valence-corrected chi connectivity index (χ2v) is 18.0. The number of thiocarbonyl (C=S) groups is 1. The summed E-state index contributed by atoms with van der Waals surface area (Å²) in [6.45, 7) is -2.38. The molecule has 2 aliphatic rings. The first-order chi connectivity index (χ1) is 24.5. The first-order valence-corrected chi connectivity index (χ1v) is 20.6. The Bertz CT molecular complexity index is 2520. The van der Waals surface area contributed by atoms with Gasteiger partial charge < -0.3 is 5.11 Å². The first kappa shape index (κ1) is 39.0. The van der Waals surface area contributed by atoms with Crippen LogP contribution in [-0.4, -0.2) is 117 Å². The summed E-state index contributed by atoms with van der Waals surface area (Å²) in [6.07, 6.45) is 3.31. The van der Waals surface area contributed by atoms with Gasteiger partial charge in [0, 0.05) is 0 Å². The molecule has 2 aromatic heterocycles. The summed E-state index contributed by atoms with van der Waals surface area (Å²) >= 11 is 5.22. The van der Waals surface area contributed by atoms with E-state index < -0.39 is 101 Å². The Balaban J connectivity index is 1.70. The van der Waals surface area contributed by atoms with E-state index in [1.807, 2.05) is 11.0 Å². The van der Waals surface area contributed by atoms with Crippen molar-refractivity contribution >= 4 is 115 Å². The van der Waals surface area contributed by atoms with E-state index in [4.69, 9.17) is 21.4 Å². The minimum absolute atomic E-state index is 0.107. The number of methoxy groups -OCH3 is 1. The van der Waals surface area contributed by atoms with Crippen molar-refractivity contribution in [3.05, 3.63) is 68.9 Å². The van der Waals surface area contributed by atoms with Crippen LogP contribution in [0.15, 0.2) is 42.0 Å². The number of unbranched alkanes of at least 4 members (excludes halogenated alkanes) is 1. The third-order valence-corrected chi connectivity index (χ3v) is 14.0. The Labute approximate surface area is 315 Å². The zero-order chi connectivity index (χ0) is 38.1. The number of ether oxygens (including phenoxy) is 1. The minimum atomic E-state index is -4.41. The normalized spacial score (nSPS) is 17.3. The van der Waals surface area contributed by atoms with E-state index in [0.29, 0.717) is 50.9 Å². The second-order valence-electron chi connectivity index (χ2n) is 10.8. The molecule has 0 radical (unpaired) electrons. The first-order valence-electron chi connectivity index (χ1n) is 14.6. The fraction of sp³-hybridized carbons (Fsp3) is 0.276. The summed E-state index contributed by atoms with van der Waals surface area (Å²) in [4.78, 5) is 77.7. The number of carbonyl (C=O) groups excluding carboxylic acids is 1. The van der Waals surface area contributed by atoms with Crippen molar-refractivity contribution in [2.45, 2.75) is 25.9 Å². The number of aromatic nitrogens is 2. The zero-order valence-corrected chi connectivity index (χ0v) is 32.1. The fourth-order valence-electron chi connectivity index (χ4n) is 5.03. The van der Waals surface area contributed by atoms with E-state index >= 15 is 0 Å². The van der Waals surface area contributed by atoms with Crippen LogP contribution in [-0.2, 0) is 42.4 Å². The standard InChI is InChI=1S/C29H26N4O14S4Te/c1-46-14-4-6-17-15(10-14)30(8-2-3-9-51(43,44)45)18(52-17)7-5-16-24(40)31(11-19(34)35)27(47-16)22-25(41)32(12-20(36)37)28(49-22)23-26(42)33(13-21(38)39)29(48)50-23/h4-7,10H,2-3,8-9,11-13H2,1H3,(H,34,35)(H,36,37)(H,38,39)(H,43,44,45)/p-1/b16-5?,18-7?,27-22+,28-23+. The predicted octanol–water partition coefficient (Wildman–Crippen LogP) is -2.02. The molecule has 0 atom stereocenters. The SMILES string of the molecule is COc1ccc2c(c1)N(CCCCS(=O)(=O)[O-])C(=CC=c1o/c(=c3/s/c(=C4/SC(=S)N(CC(=O)O)C4=O)n(CC(=O)O)c3=O)n(CC(=O)O)c1=O)[Te]2. The number of rotatable bonds is 13. The van der Waals surface area contributed by atoms with Gasteiger partial charge in [-0.15, -0.1) is 0 Å². The molecule has 0 unspecified atom stereocenters. The van der Waals surface area contributed by atoms with E-state index in [0.717, 1.165) is 17.9 Å². The van der Waals surface area contributed by atoms with Gasteiger partial charge >= 0.3 is 288 Å². The Morgan fingerprint density at radius 3 is 2.29 bits per heavy atom. The third-order valence-electron chi connectivity index (χ3n) is 7.25. The van der Waals surface area contributed by atoms with Crippen molar-refractivity contribution in [2.75, 3.05) is 30.9 Å². The van der Waals surface area contributed by atoms with Gasteiger partial charge in [-0.25, -0.2) is 0 Å². The number of carbonyl (C=O) groups is 4. The molecule has 1 fully saturated rings. The van der Waals surface area contributed by atoms with Gasteiger partial charge in [0.25, 0.3) is 0 Å². The van der Waals surface area contributed by atoms with E-state index in [-0.39, 0.29) is 25.7 Å². The van der Waals surface area contributed by atoms with Gasteiger partial charge in [0.1, 0.15) is 6.54 Å². The molecule has 276 valence electrons. The number of fused-ring (bicyclic) bond motifs is 1.